The molecular weight excluding hydrogens is 251 g/mol. The molecule has 0 aliphatic rings. The summed E-state index contributed by atoms with van der Waals surface area (Å²) in [6.07, 6.45) is -0.911. The minimum Gasteiger partial charge on any atom is -0.362 e. The first-order chi connectivity index (χ1) is 9.05. The van der Waals surface area contributed by atoms with Gasteiger partial charge < -0.3 is 5.32 Å². The Morgan fingerprint density at radius 2 is 1.63 bits per heavy atom. The summed E-state index contributed by atoms with van der Waals surface area (Å²) >= 11 is 0. The number of hydrogen-bond acceptors (Lipinski definition) is 1. The zero-order valence-electron chi connectivity index (χ0n) is 9.98. The van der Waals surface area contributed by atoms with E-state index in [0.29, 0.717) is 5.69 Å². The highest BCUT2D eigenvalue weighted by Crippen LogP contribution is 2.30. The smallest absolute Gasteiger partial charge is 0.362 e. The highest BCUT2D eigenvalue weighted by molar-refractivity contribution is 5.55. The minimum atomic E-state index is -4.32. The van der Waals surface area contributed by atoms with Crippen molar-refractivity contribution in [2.24, 2.45) is 0 Å². The standard InChI is InChI=1S/C15H12F3N/c16-15(17,18)13-7-4-8-14(11-13)19-10-9-12-5-2-1-3-6-12/h1-11,19H. The monoisotopic (exact) mass is 263 g/mol. The summed E-state index contributed by atoms with van der Waals surface area (Å²) in [6, 6.07) is 14.6. The van der Waals surface area contributed by atoms with Gasteiger partial charge in [-0.15, -0.1) is 0 Å². The zero-order chi connectivity index (χ0) is 13.7. The van der Waals surface area contributed by atoms with Crippen LogP contribution in [0.3, 0.4) is 0 Å². The fourth-order valence-electron chi connectivity index (χ4n) is 1.58. The maximum Gasteiger partial charge on any atom is 0.416 e. The Balaban J connectivity index is 2.06. The largest absolute Gasteiger partial charge is 0.416 e. The summed E-state index contributed by atoms with van der Waals surface area (Å²) in [5, 5.41) is 2.83. The summed E-state index contributed by atoms with van der Waals surface area (Å²) in [5.74, 6) is 0. The van der Waals surface area contributed by atoms with Crippen LogP contribution in [0.2, 0.25) is 0 Å². The third-order valence-corrected chi connectivity index (χ3v) is 2.52. The van der Waals surface area contributed by atoms with Crippen LogP contribution in [0.4, 0.5) is 18.9 Å². The van der Waals surface area contributed by atoms with Gasteiger partial charge >= 0.3 is 6.18 Å². The van der Waals surface area contributed by atoms with Crippen LogP contribution in [0.15, 0.2) is 60.8 Å². The Morgan fingerprint density at radius 1 is 0.895 bits per heavy atom. The molecule has 1 nitrogen and oxygen atoms in total. The molecule has 0 radical (unpaired) electrons. The molecule has 0 spiro atoms. The molecule has 1 N–H and O–H groups in total. The van der Waals surface area contributed by atoms with Crippen LogP contribution in [-0.2, 0) is 6.18 Å². The van der Waals surface area contributed by atoms with Crippen molar-refractivity contribution in [3.05, 3.63) is 71.9 Å². The van der Waals surface area contributed by atoms with E-state index in [4.69, 9.17) is 0 Å². The number of anilines is 1. The Bertz CT molecular complexity index is 559. The van der Waals surface area contributed by atoms with Gasteiger partial charge in [-0.2, -0.15) is 13.2 Å². The predicted molar refractivity (Wildman–Crippen MR) is 70.5 cm³/mol. The van der Waals surface area contributed by atoms with E-state index in [9.17, 15) is 13.2 Å². The van der Waals surface area contributed by atoms with Gasteiger partial charge in [0.25, 0.3) is 0 Å². The molecule has 0 heterocycles. The first kappa shape index (κ1) is 13.2. The molecule has 0 aliphatic carbocycles. The number of halogens is 3. The van der Waals surface area contributed by atoms with Crippen molar-refractivity contribution < 1.29 is 13.2 Å². The van der Waals surface area contributed by atoms with Crippen molar-refractivity contribution in [1.82, 2.24) is 0 Å². The van der Waals surface area contributed by atoms with Crippen molar-refractivity contribution in [3.63, 3.8) is 0 Å². The number of alkyl halides is 3. The van der Waals surface area contributed by atoms with Crippen LogP contribution >= 0.6 is 0 Å². The van der Waals surface area contributed by atoms with E-state index in [1.54, 1.807) is 18.3 Å². The Labute approximate surface area is 109 Å². The lowest BCUT2D eigenvalue weighted by Crippen LogP contribution is -2.04. The van der Waals surface area contributed by atoms with Gasteiger partial charge in [0.1, 0.15) is 0 Å². The topological polar surface area (TPSA) is 12.0 Å². The maximum absolute atomic E-state index is 12.5. The molecule has 0 saturated carbocycles. The minimum absolute atomic E-state index is 0.405. The molecule has 2 rings (SSSR count). The summed E-state index contributed by atoms with van der Waals surface area (Å²) in [5.41, 5.74) is 0.717. The quantitative estimate of drug-likeness (QED) is 0.839. The van der Waals surface area contributed by atoms with Crippen LogP contribution < -0.4 is 5.32 Å². The number of rotatable bonds is 3. The van der Waals surface area contributed by atoms with Gasteiger partial charge in [0, 0.05) is 11.9 Å². The fourth-order valence-corrected chi connectivity index (χ4v) is 1.58. The van der Waals surface area contributed by atoms with Gasteiger partial charge in [0.2, 0.25) is 0 Å². The van der Waals surface area contributed by atoms with Crippen LogP contribution in [0.1, 0.15) is 11.1 Å². The Hall–Kier alpha value is -2.23. The normalized spacial score (nSPS) is 11.7. The Kier molecular flexibility index (Phi) is 3.90. The van der Waals surface area contributed by atoms with E-state index < -0.39 is 11.7 Å². The van der Waals surface area contributed by atoms with Crippen molar-refractivity contribution in [2.75, 3.05) is 5.32 Å². The maximum atomic E-state index is 12.5. The SMILES string of the molecule is FC(F)(F)c1cccc(NC=Cc2ccccc2)c1. The summed E-state index contributed by atoms with van der Waals surface area (Å²) in [7, 11) is 0. The van der Waals surface area contributed by atoms with Crippen LogP contribution in [0, 0.1) is 0 Å². The number of hydrogen-bond donors (Lipinski definition) is 1. The van der Waals surface area contributed by atoms with Gasteiger partial charge in [-0.3, -0.25) is 0 Å². The summed E-state index contributed by atoms with van der Waals surface area (Å²) in [6.45, 7) is 0. The zero-order valence-corrected chi connectivity index (χ0v) is 9.98. The van der Waals surface area contributed by atoms with E-state index in [2.05, 4.69) is 5.32 Å². The van der Waals surface area contributed by atoms with E-state index in [-0.39, 0.29) is 0 Å². The van der Waals surface area contributed by atoms with Gasteiger partial charge in [0.15, 0.2) is 0 Å². The molecule has 2 aromatic carbocycles. The lowest BCUT2D eigenvalue weighted by molar-refractivity contribution is -0.137. The molecule has 0 unspecified atom stereocenters. The van der Waals surface area contributed by atoms with Gasteiger partial charge in [-0.1, -0.05) is 36.4 Å². The molecule has 98 valence electrons. The average molecular weight is 263 g/mol. The molecule has 19 heavy (non-hydrogen) atoms. The second kappa shape index (κ2) is 5.61. The molecule has 0 saturated heterocycles. The third kappa shape index (κ3) is 3.88. The van der Waals surface area contributed by atoms with Gasteiger partial charge in [-0.25, -0.2) is 0 Å². The highest BCUT2D eigenvalue weighted by atomic mass is 19.4. The van der Waals surface area contributed by atoms with E-state index >= 15 is 0 Å². The molecule has 0 fully saturated rings. The van der Waals surface area contributed by atoms with Crippen LogP contribution in [-0.4, -0.2) is 0 Å². The first-order valence-corrected chi connectivity index (χ1v) is 5.71. The molecule has 0 atom stereocenters. The van der Waals surface area contributed by atoms with Crippen molar-refractivity contribution >= 4 is 11.8 Å². The lowest BCUT2D eigenvalue weighted by atomic mass is 10.2. The van der Waals surface area contributed by atoms with Gasteiger partial charge in [-0.05, 0) is 29.8 Å². The van der Waals surface area contributed by atoms with Crippen molar-refractivity contribution in [1.29, 1.82) is 0 Å². The third-order valence-electron chi connectivity index (χ3n) is 2.52. The highest BCUT2D eigenvalue weighted by Gasteiger charge is 2.30. The Morgan fingerprint density at radius 3 is 2.32 bits per heavy atom. The van der Waals surface area contributed by atoms with Crippen LogP contribution in [0.25, 0.3) is 6.08 Å². The summed E-state index contributed by atoms with van der Waals surface area (Å²) < 4.78 is 37.5. The van der Waals surface area contributed by atoms with E-state index in [1.165, 1.54) is 6.07 Å². The van der Waals surface area contributed by atoms with Crippen LogP contribution in [0.5, 0.6) is 0 Å². The van der Waals surface area contributed by atoms with E-state index in [1.807, 2.05) is 30.3 Å². The van der Waals surface area contributed by atoms with Gasteiger partial charge in [0.05, 0.1) is 5.56 Å². The lowest BCUT2D eigenvalue weighted by Gasteiger charge is -2.08. The molecule has 0 amide bonds. The molecule has 0 aromatic heterocycles. The fraction of sp³-hybridized carbons (Fsp3) is 0.0667. The molecular formula is C15H12F3N. The number of benzene rings is 2. The predicted octanol–water partition coefficient (Wildman–Crippen LogP) is 4.79. The molecule has 2 aromatic rings. The first-order valence-electron chi connectivity index (χ1n) is 5.71. The second-order valence-electron chi connectivity index (χ2n) is 3.97. The molecule has 4 heteroatoms. The number of nitrogens with one attached hydrogen (secondary N) is 1. The molecule has 0 aliphatic heterocycles. The average Bonchev–Trinajstić information content (AvgIpc) is 2.39. The summed E-state index contributed by atoms with van der Waals surface area (Å²) in [4.78, 5) is 0. The van der Waals surface area contributed by atoms with E-state index in [0.717, 1.165) is 17.7 Å². The molecule has 0 bridgehead atoms. The second-order valence-corrected chi connectivity index (χ2v) is 3.97. The van der Waals surface area contributed by atoms with Crippen molar-refractivity contribution in [2.45, 2.75) is 6.18 Å². The van der Waals surface area contributed by atoms with Crippen molar-refractivity contribution in [3.8, 4) is 0 Å².